The second kappa shape index (κ2) is 3.31. The Labute approximate surface area is 62.9 Å². The van der Waals surface area contributed by atoms with Crippen LogP contribution in [-0.2, 0) is 4.79 Å². The van der Waals surface area contributed by atoms with E-state index in [1.165, 1.54) is 13.3 Å². The van der Waals surface area contributed by atoms with Crippen LogP contribution in [0.4, 0.5) is 0 Å². The average Bonchev–Trinajstić information content (AvgIpc) is 1.88. The van der Waals surface area contributed by atoms with Crippen LogP contribution in [0, 0.1) is 0 Å². The van der Waals surface area contributed by atoms with Crippen LogP contribution in [0.5, 0.6) is 0 Å². The second-order valence-corrected chi connectivity index (χ2v) is 2.92. The van der Waals surface area contributed by atoms with Crippen LogP contribution in [-0.4, -0.2) is 15.1 Å². The molecule has 0 N–H and O–H groups in total. The van der Waals surface area contributed by atoms with E-state index in [9.17, 15) is 4.79 Å². The molecular formula is C6H6N2OS. The predicted molar refractivity (Wildman–Crippen MR) is 38.6 cm³/mol. The van der Waals surface area contributed by atoms with E-state index < -0.39 is 0 Å². The third-order valence-corrected chi connectivity index (χ3v) is 1.53. The Morgan fingerprint density at radius 3 is 2.60 bits per heavy atom. The number of nitrogens with zero attached hydrogens (tertiary/aromatic N) is 2. The van der Waals surface area contributed by atoms with Gasteiger partial charge in [0.2, 0.25) is 0 Å². The lowest BCUT2D eigenvalue weighted by Crippen LogP contribution is -1.83. The summed E-state index contributed by atoms with van der Waals surface area (Å²) in [5, 5.41) is 0.0507. The maximum Gasteiger partial charge on any atom is 0.190 e. The highest BCUT2D eigenvalue weighted by molar-refractivity contribution is 8.13. The smallest absolute Gasteiger partial charge is 0.190 e. The summed E-state index contributed by atoms with van der Waals surface area (Å²) in [7, 11) is 0. The van der Waals surface area contributed by atoms with Gasteiger partial charge in [0, 0.05) is 19.3 Å². The minimum Gasteiger partial charge on any atom is -0.287 e. The Hall–Kier alpha value is -0.900. The minimum absolute atomic E-state index is 0.0507. The lowest BCUT2D eigenvalue weighted by molar-refractivity contribution is -0.109. The number of thioether (sulfide) groups is 1. The van der Waals surface area contributed by atoms with Crippen LogP contribution in [0.3, 0.4) is 0 Å². The molecule has 0 aliphatic rings. The van der Waals surface area contributed by atoms with Crippen LogP contribution < -0.4 is 0 Å². The maximum absolute atomic E-state index is 10.5. The molecule has 1 aromatic heterocycles. The van der Waals surface area contributed by atoms with E-state index in [-0.39, 0.29) is 5.12 Å². The van der Waals surface area contributed by atoms with Gasteiger partial charge in [0.05, 0.1) is 4.90 Å². The topological polar surface area (TPSA) is 42.9 Å². The SMILES string of the molecule is CC(=O)Sc1cncnc1. The first kappa shape index (κ1) is 7.21. The summed E-state index contributed by atoms with van der Waals surface area (Å²) in [4.78, 5) is 18.8. The molecule has 0 amide bonds. The Kier molecular flexibility index (Phi) is 2.39. The van der Waals surface area contributed by atoms with Crippen molar-refractivity contribution < 1.29 is 4.79 Å². The molecule has 1 aromatic rings. The van der Waals surface area contributed by atoms with Crippen LogP contribution in [0.15, 0.2) is 23.6 Å². The molecule has 0 aliphatic carbocycles. The largest absolute Gasteiger partial charge is 0.287 e. The zero-order valence-electron chi connectivity index (χ0n) is 5.44. The summed E-state index contributed by atoms with van der Waals surface area (Å²) in [5.74, 6) is 0. The average molecular weight is 154 g/mol. The molecule has 1 rings (SSSR count). The van der Waals surface area contributed by atoms with Crippen molar-refractivity contribution in [1.29, 1.82) is 0 Å². The molecule has 0 spiro atoms. The Morgan fingerprint density at radius 1 is 1.50 bits per heavy atom. The predicted octanol–water partition coefficient (Wildman–Crippen LogP) is 1.12. The highest BCUT2D eigenvalue weighted by atomic mass is 32.2. The molecule has 3 nitrogen and oxygen atoms in total. The van der Waals surface area contributed by atoms with Gasteiger partial charge in [-0.25, -0.2) is 9.97 Å². The molecule has 0 aliphatic heterocycles. The second-order valence-electron chi connectivity index (χ2n) is 1.67. The molecule has 0 radical (unpaired) electrons. The number of carbonyl (C=O) groups excluding carboxylic acids is 1. The molecule has 0 unspecified atom stereocenters. The summed E-state index contributed by atoms with van der Waals surface area (Å²) in [6.07, 6.45) is 4.66. The molecule has 1 heterocycles. The number of aromatic nitrogens is 2. The van der Waals surface area contributed by atoms with E-state index in [0.29, 0.717) is 0 Å². The van der Waals surface area contributed by atoms with Gasteiger partial charge in [0.25, 0.3) is 0 Å². The molecule has 4 heteroatoms. The summed E-state index contributed by atoms with van der Waals surface area (Å²) >= 11 is 1.13. The fourth-order valence-corrected chi connectivity index (χ4v) is 1.06. The van der Waals surface area contributed by atoms with Crippen molar-refractivity contribution in [3.63, 3.8) is 0 Å². The van der Waals surface area contributed by atoms with E-state index in [4.69, 9.17) is 0 Å². The Balaban J connectivity index is 2.67. The van der Waals surface area contributed by atoms with Gasteiger partial charge in [0.1, 0.15) is 6.33 Å². The molecule has 10 heavy (non-hydrogen) atoms. The third kappa shape index (κ3) is 2.14. The number of hydrogen-bond acceptors (Lipinski definition) is 4. The highest BCUT2D eigenvalue weighted by Gasteiger charge is 1.96. The quantitative estimate of drug-likeness (QED) is 0.568. The fourth-order valence-electron chi connectivity index (χ4n) is 0.504. The van der Waals surface area contributed by atoms with Crippen molar-refractivity contribution in [1.82, 2.24) is 9.97 Å². The molecule has 0 aromatic carbocycles. The fraction of sp³-hybridized carbons (Fsp3) is 0.167. The van der Waals surface area contributed by atoms with Gasteiger partial charge in [0.15, 0.2) is 5.12 Å². The summed E-state index contributed by atoms with van der Waals surface area (Å²) < 4.78 is 0. The van der Waals surface area contributed by atoms with Crippen molar-refractivity contribution in [3.8, 4) is 0 Å². The molecule has 0 saturated carbocycles. The van der Waals surface area contributed by atoms with Crippen LogP contribution >= 0.6 is 11.8 Å². The van der Waals surface area contributed by atoms with Crippen molar-refractivity contribution >= 4 is 16.9 Å². The zero-order valence-corrected chi connectivity index (χ0v) is 6.26. The number of carbonyl (C=O) groups is 1. The van der Waals surface area contributed by atoms with Crippen LogP contribution in [0.25, 0.3) is 0 Å². The van der Waals surface area contributed by atoms with Crippen LogP contribution in [0.1, 0.15) is 6.92 Å². The van der Waals surface area contributed by atoms with Crippen molar-refractivity contribution in [2.75, 3.05) is 0 Å². The number of hydrogen-bond donors (Lipinski definition) is 0. The van der Waals surface area contributed by atoms with Gasteiger partial charge in [-0.3, -0.25) is 4.79 Å². The Morgan fingerprint density at radius 2 is 2.10 bits per heavy atom. The first-order valence-corrected chi connectivity index (χ1v) is 3.54. The van der Waals surface area contributed by atoms with Crippen molar-refractivity contribution in [2.45, 2.75) is 11.8 Å². The molecule has 0 atom stereocenters. The van der Waals surface area contributed by atoms with Gasteiger partial charge in [-0.1, -0.05) is 0 Å². The first-order valence-electron chi connectivity index (χ1n) is 2.72. The van der Waals surface area contributed by atoms with E-state index >= 15 is 0 Å². The highest BCUT2D eigenvalue weighted by Crippen LogP contribution is 2.14. The van der Waals surface area contributed by atoms with Gasteiger partial charge in [-0.2, -0.15) is 0 Å². The molecular weight excluding hydrogens is 148 g/mol. The third-order valence-electron chi connectivity index (χ3n) is 0.798. The van der Waals surface area contributed by atoms with E-state index in [1.54, 1.807) is 12.4 Å². The molecule has 0 bridgehead atoms. The van der Waals surface area contributed by atoms with Crippen molar-refractivity contribution in [3.05, 3.63) is 18.7 Å². The minimum atomic E-state index is 0.0507. The van der Waals surface area contributed by atoms with Gasteiger partial charge >= 0.3 is 0 Å². The lowest BCUT2D eigenvalue weighted by atomic mass is 10.7. The molecule has 0 fully saturated rings. The van der Waals surface area contributed by atoms with Gasteiger partial charge in [-0.05, 0) is 11.8 Å². The monoisotopic (exact) mass is 154 g/mol. The first-order chi connectivity index (χ1) is 4.79. The number of rotatable bonds is 1. The van der Waals surface area contributed by atoms with E-state index in [0.717, 1.165) is 16.7 Å². The Bertz CT molecular complexity index is 224. The van der Waals surface area contributed by atoms with Gasteiger partial charge in [-0.15, -0.1) is 0 Å². The van der Waals surface area contributed by atoms with Crippen LogP contribution in [0.2, 0.25) is 0 Å². The van der Waals surface area contributed by atoms with Gasteiger partial charge < -0.3 is 0 Å². The maximum atomic E-state index is 10.5. The standard InChI is InChI=1S/C6H6N2OS/c1-5(9)10-6-2-7-4-8-3-6/h2-4H,1H3. The molecule has 52 valence electrons. The normalized spacial score (nSPS) is 9.30. The summed E-state index contributed by atoms with van der Waals surface area (Å²) in [6, 6.07) is 0. The molecule has 0 saturated heterocycles. The van der Waals surface area contributed by atoms with E-state index in [1.807, 2.05) is 0 Å². The van der Waals surface area contributed by atoms with E-state index in [2.05, 4.69) is 9.97 Å². The summed E-state index contributed by atoms with van der Waals surface area (Å²) in [6.45, 7) is 1.51. The lowest BCUT2D eigenvalue weighted by Gasteiger charge is -1.91. The van der Waals surface area contributed by atoms with Crippen molar-refractivity contribution in [2.24, 2.45) is 0 Å². The summed E-state index contributed by atoms with van der Waals surface area (Å²) in [5.41, 5.74) is 0. The zero-order chi connectivity index (χ0) is 7.40.